The number of aromatic nitrogens is 1. The number of pyridine rings is 1. The summed E-state index contributed by atoms with van der Waals surface area (Å²) in [4.78, 5) is 21.3. The third kappa shape index (κ3) is 6.23. The molecule has 1 aromatic heterocycles. The number of aromatic hydroxyl groups is 1. The molecule has 2 N–H and O–H groups in total. The Labute approximate surface area is 258 Å². The summed E-state index contributed by atoms with van der Waals surface area (Å²) in [6, 6.07) is 12.7. The van der Waals surface area contributed by atoms with Gasteiger partial charge in [-0.15, -0.1) is 0 Å². The van der Waals surface area contributed by atoms with Gasteiger partial charge in [0.05, 0.1) is 19.0 Å². The molecule has 234 valence electrons. The van der Waals surface area contributed by atoms with E-state index in [0.29, 0.717) is 47.5 Å². The van der Waals surface area contributed by atoms with E-state index in [1.54, 1.807) is 36.5 Å². The second-order valence-electron chi connectivity index (χ2n) is 12.4. The Hall–Kier alpha value is -3.76. The number of piperazine rings is 1. The molecular weight excluding hydrogens is 559 g/mol. The fraction of sp³-hybridized carbons (Fsp3) is 0.500. The van der Waals surface area contributed by atoms with Gasteiger partial charge < -0.3 is 20.1 Å². The number of phenols is 1. The fourth-order valence-electron chi connectivity index (χ4n) is 7.33. The van der Waals surface area contributed by atoms with Crippen LogP contribution in [-0.2, 0) is 6.42 Å². The van der Waals surface area contributed by atoms with Crippen LogP contribution in [0, 0.1) is 0 Å². The van der Waals surface area contributed by atoms with Crippen molar-refractivity contribution < 1.29 is 19.0 Å². The molecule has 2 aromatic carbocycles. The minimum Gasteiger partial charge on any atom is -0.508 e. The molecule has 44 heavy (non-hydrogen) atoms. The number of halogens is 1. The molecule has 4 unspecified atom stereocenters. The quantitative estimate of drug-likeness (QED) is 0.224. The number of alkyl halides is 1. The van der Waals surface area contributed by atoms with E-state index in [9.17, 15) is 14.3 Å². The Morgan fingerprint density at radius 3 is 2.68 bits per heavy atom. The van der Waals surface area contributed by atoms with Gasteiger partial charge in [-0.3, -0.25) is 14.7 Å². The highest BCUT2D eigenvalue weighted by Gasteiger charge is 2.35. The van der Waals surface area contributed by atoms with Crippen molar-refractivity contribution in [1.29, 1.82) is 0 Å². The SMILES string of the molecule is CCc1cccc2cc(O)cc(N(C)/N=C\c3c(C=O)cc(OC)nc3N3CC4CCC(C3)N4)c12.FC1CC2CCCN2C1. The molecule has 0 amide bonds. The fourth-order valence-corrected chi connectivity index (χ4v) is 7.33. The number of rotatable bonds is 7. The Morgan fingerprint density at radius 1 is 1.18 bits per heavy atom. The van der Waals surface area contributed by atoms with Gasteiger partial charge in [-0.05, 0) is 62.1 Å². The summed E-state index contributed by atoms with van der Waals surface area (Å²) in [5.41, 5.74) is 3.11. The number of hydrogen-bond donors (Lipinski definition) is 2. The standard InChI is InChI=1S/C27H31N5O3.C7H12FN/c1-4-17-6-5-7-18-10-22(34)12-24(26(17)18)31(2)28-13-23-19(16-33)11-25(35-3)30-27(23)32-14-20-8-9-21(15-32)29-20;8-6-4-7-2-1-3-9(7)5-6/h5-7,10-13,16,20-21,29,34H,4,8-9,14-15H2,1-3H3;6-7H,1-5H2/b28-13-;. The van der Waals surface area contributed by atoms with Crippen LogP contribution in [-0.4, -0.2) is 92.1 Å². The highest BCUT2D eigenvalue weighted by molar-refractivity contribution is 6.00. The highest BCUT2D eigenvalue weighted by Crippen LogP contribution is 2.35. The first kappa shape index (κ1) is 30.3. The maximum Gasteiger partial charge on any atom is 0.215 e. The van der Waals surface area contributed by atoms with Gasteiger partial charge in [-0.2, -0.15) is 10.1 Å². The van der Waals surface area contributed by atoms with Gasteiger partial charge in [0.1, 0.15) is 17.7 Å². The first-order valence-electron chi connectivity index (χ1n) is 15.8. The topological polar surface area (TPSA) is 93.5 Å². The second-order valence-corrected chi connectivity index (χ2v) is 12.4. The number of aryl methyl sites for hydroxylation is 1. The monoisotopic (exact) mass is 602 g/mol. The van der Waals surface area contributed by atoms with Gasteiger partial charge in [0.2, 0.25) is 5.88 Å². The van der Waals surface area contributed by atoms with Crippen LogP contribution in [0.3, 0.4) is 0 Å². The maximum absolute atomic E-state index is 12.6. The van der Waals surface area contributed by atoms with Crippen LogP contribution in [0.1, 0.15) is 60.5 Å². The van der Waals surface area contributed by atoms with Crippen LogP contribution in [0.25, 0.3) is 10.8 Å². The smallest absolute Gasteiger partial charge is 0.215 e. The molecule has 7 rings (SSSR count). The lowest BCUT2D eigenvalue weighted by molar-refractivity contribution is 0.112. The molecule has 4 saturated heterocycles. The summed E-state index contributed by atoms with van der Waals surface area (Å²) in [6.07, 6.45) is 8.47. The summed E-state index contributed by atoms with van der Waals surface area (Å²) in [7, 11) is 3.40. The second kappa shape index (κ2) is 13.1. The van der Waals surface area contributed by atoms with Gasteiger partial charge in [0.25, 0.3) is 0 Å². The average molecular weight is 603 g/mol. The van der Waals surface area contributed by atoms with Crippen LogP contribution < -0.4 is 20.0 Å². The Balaban J connectivity index is 0.000000323. The normalized spacial score (nSPS) is 24.4. The lowest BCUT2D eigenvalue weighted by Crippen LogP contribution is -2.51. The van der Waals surface area contributed by atoms with E-state index >= 15 is 0 Å². The highest BCUT2D eigenvalue weighted by atomic mass is 19.1. The summed E-state index contributed by atoms with van der Waals surface area (Å²) < 4.78 is 18.0. The van der Waals surface area contributed by atoms with E-state index < -0.39 is 6.17 Å². The first-order valence-corrected chi connectivity index (χ1v) is 15.8. The zero-order chi connectivity index (χ0) is 30.8. The molecule has 0 aliphatic carbocycles. The van der Waals surface area contributed by atoms with Crippen molar-refractivity contribution in [2.75, 3.05) is 50.2 Å². The molecule has 5 heterocycles. The van der Waals surface area contributed by atoms with Crippen molar-refractivity contribution >= 4 is 34.8 Å². The van der Waals surface area contributed by atoms with Crippen molar-refractivity contribution in [1.82, 2.24) is 15.2 Å². The predicted molar refractivity (Wildman–Crippen MR) is 173 cm³/mol. The Kier molecular flexibility index (Phi) is 9.00. The van der Waals surface area contributed by atoms with Crippen molar-refractivity contribution in [3.05, 3.63) is 53.1 Å². The largest absolute Gasteiger partial charge is 0.508 e. The van der Waals surface area contributed by atoms with Crippen molar-refractivity contribution in [2.24, 2.45) is 5.10 Å². The summed E-state index contributed by atoms with van der Waals surface area (Å²) in [5.74, 6) is 1.29. The van der Waals surface area contributed by atoms with Gasteiger partial charge in [0, 0.05) is 73.5 Å². The van der Waals surface area contributed by atoms with E-state index in [1.165, 1.54) is 18.4 Å². The third-order valence-electron chi connectivity index (χ3n) is 9.48. The number of hydrazone groups is 1. The van der Waals surface area contributed by atoms with Crippen LogP contribution in [0.15, 0.2) is 41.5 Å². The average Bonchev–Trinajstić information content (AvgIpc) is 3.72. The van der Waals surface area contributed by atoms with Crippen LogP contribution >= 0.6 is 0 Å². The van der Waals surface area contributed by atoms with E-state index in [4.69, 9.17) is 14.8 Å². The van der Waals surface area contributed by atoms with Crippen molar-refractivity contribution in [3.8, 4) is 11.6 Å². The van der Waals surface area contributed by atoms with Gasteiger partial charge >= 0.3 is 0 Å². The van der Waals surface area contributed by atoms with E-state index in [2.05, 4.69) is 28.1 Å². The number of carbonyl (C=O) groups excluding carboxylic acids is 1. The zero-order valence-electron chi connectivity index (χ0n) is 25.9. The van der Waals surface area contributed by atoms with Gasteiger partial charge in [0.15, 0.2) is 6.29 Å². The van der Waals surface area contributed by atoms with Gasteiger partial charge in [-0.1, -0.05) is 25.1 Å². The molecule has 2 bridgehead atoms. The number of ether oxygens (including phenoxy) is 1. The van der Waals surface area contributed by atoms with Crippen LogP contribution in [0.4, 0.5) is 15.9 Å². The number of aldehydes is 1. The Bertz CT molecular complexity index is 1510. The van der Waals surface area contributed by atoms with Crippen molar-refractivity contribution in [2.45, 2.75) is 69.7 Å². The number of hydrogen-bond acceptors (Lipinski definition) is 9. The van der Waals surface area contributed by atoms with Crippen LogP contribution in [0.2, 0.25) is 0 Å². The summed E-state index contributed by atoms with van der Waals surface area (Å²) in [5, 5.41) is 22.5. The zero-order valence-corrected chi connectivity index (χ0v) is 25.9. The predicted octanol–water partition coefficient (Wildman–Crippen LogP) is 4.93. The molecule has 0 radical (unpaired) electrons. The number of anilines is 2. The number of benzene rings is 2. The lowest BCUT2D eigenvalue weighted by Gasteiger charge is -2.34. The maximum atomic E-state index is 12.6. The number of carbonyl (C=O) groups is 1. The lowest BCUT2D eigenvalue weighted by atomic mass is 10.0. The molecule has 4 aliphatic rings. The number of nitrogens with one attached hydrogen (secondary N) is 1. The number of methoxy groups -OCH3 is 1. The molecule has 9 nitrogen and oxygen atoms in total. The summed E-state index contributed by atoms with van der Waals surface area (Å²) in [6.45, 7) is 5.61. The third-order valence-corrected chi connectivity index (χ3v) is 9.48. The minimum atomic E-state index is -0.518. The van der Waals surface area contributed by atoms with Gasteiger partial charge in [-0.25, -0.2) is 4.39 Å². The number of nitrogens with zero attached hydrogens (tertiary/aromatic N) is 5. The minimum absolute atomic E-state index is 0.180. The molecule has 3 aromatic rings. The summed E-state index contributed by atoms with van der Waals surface area (Å²) >= 11 is 0. The molecular formula is C34H43FN6O3. The molecule has 0 saturated carbocycles. The molecule has 4 aliphatic heterocycles. The molecule has 4 fully saturated rings. The van der Waals surface area contributed by atoms with E-state index in [0.717, 1.165) is 68.1 Å². The first-order chi connectivity index (χ1) is 21.4. The van der Waals surface area contributed by atoms with E-state index in [-0.39, 0.29) is 5.75 Å². The molecule has 10 heteroatoms. The van der Waals surface area contributed by atoms with Crippen molar-refractivity contribution in [3.63, 3.8) is 0 Å². The molecule has 4 atom stereocenters. The molecule has 0 spiro atoms. The Morgan fingerprint density at radius 2 is 1.98 bits per heavy atom. The van der Waals surface area contributed by atoms with Crippen LogP contribution in [0.5, 0.6) is 11.6 Å². The number of fused-ring (bicyclic) bond motifs is 4. The van der Waals surface area contributed by atoms with E-state index in [1.807, 2.05) is 19.2 Å². The number of phenolic OH excluding ortho intramolecular Hbond substituents is 1.